The van der Waals surface area contributed by atoms with Crippen LogP contribution in [0.5, 0.6) is 0 Å². The number of esters is 1. The number of aromatic nitrogens is 2. The second-order valence-electron chi connectivity index (χ2n) is 9.01. The van der Waals surface area contributed by atoms with Crippen LogP contribution in [-0.4, -0.2) is 47.9 Å². The van der Waals surface area contributed by atoms with Crippen molar-refractivity contribution in [3.63, 3.8) is 0 Å². The molecule has 10 heteroatoms. The summed E-state index contributed by atoms with van der Waals surface area (Å²) < 4.78 is 6.75. The van der Waals surface area contributed by atoms with Crippen molar-refractivity contribution in [2.75, 3.05) is 36.7 Å². The summed E-state index contributed by atoms with van der Waals surface area (Å²) in [6.07, 6.45) is 0. The number of anilines is 2. The van der Waals surface area contributed by atoms with Crippen LogP contribution in [0.4, 0.5) is 11.4 Å². The summed E-state index contributed by atoms with van der Waals surface area (Å²) in [5, 5.41) is 3.71. The number of aryl methyl sites for hydroxylation is 2. The van der Waals surface area contributed by atoms with Gasteiger partial charge in [-0.1, -0.05) is 41.6 Å². The molecule has 0 saturated heterocycles. The lowest BCUT2D eigenvalue weighted by Gasteiger charge is -2.14. The van der Waals surface area contributed by atoms with Crippen LogP contribution in [0.25, 0.3) is 10.2 Å². The van der Waals surface area contributed by atoms with Crippen molar-refractivity contribution in [3.05, 3.63) is 80.5 Å². The highest BCUT2D eigenvalue weighted by Gasteiger charge is 2.23. The van der Waals surface area contributed by atoms with Gasteiger partial charge in [-0.3, -0.25) is 14.2 Å². The number of amides is 1. The lowest BCUT2D eigenvalue weighted by Crippen LogP contribution is -2.25. The Morgan fingerprint density at radius 1 is 1.08 bits per heavy atom. The van der Waals surface area contributed by atoms with Crippen molar-refractivity contribution in [2.45, 2.75) is 32.5 Å². The van der Waals surface area contributed by atoms with Gasteiger partial charge in [0.05, 0.1) is 24.3 Å². The van der Waals surface area contributed by atoms with Gasteiger partial charge < -0.3 is 15.0 Å². The van der Waals surface area contributed by atoms with E-state index in [4.69, 9.17) is 9.72 Å². The lowest BCUT2D eigenvalue weighted by atomic mass is 10.1. The number of hydrogen-bond acceptors (Lipinski definition) is 8. The number of carbonyl (C=O) groups excluding carboxylic acids is 2. The number of hydrogen-bond donors (Lipinski definition) is 1. The molecule has 0 atom stereocenters. The average molecular weight is 551 g/mol. The third kappa shape index (κ3) is 6.08. The Balaban J connectivity index is 1.65. The minimum absolute atomic E-state index is 0.0658. The normalized spacial score (nSPS) is 11.0. The predicted molar refractivity (Wildman–Crippen MR) is 155 cm³/mol. The third-order valence-corrected chi connectivity index (χ3v) is 8.08. The van der Waals surface area contributed by atoms with Gasteiger partial charge in [0, 0.05) is 25.5 Å². The zero-order valence-corrected chi connectivity index (χ0v) is 23.7. The third-order valence-electron chi connectivity index (χ3n) is 5.94. The van der Waals surface area contributed by atoms with Crippen LogP contribution < -0.4 is 15.8 Å². The highest BCUT2D eigenvalue weighted by molar-refractivity contribution is 7.99. The molecule has 198 valence electrons. The lowest BCUT2D eigenvalue weighted by molar-refractivity contribution is -0.113. The van der Waals surface area contributed by atoms with Gasteiger partial charge in [-0.05, 0) is 56.2 Å². The maximum Gasteiger partial charge on any atom is 0.348 e. The van der Waals surface area contributed by atoms with E-state index in [1.165, 1.54) is 11.8 Å². The Bertz CT molecular complexity index is 1520. The molecular formula is C28H30N4O4S2. The average Bonchev–Trinajstić information content (AvgIpc) is 3.22. The van der Waals surface area contributed by atoms with Crippen LogP contribution in [0.1, 0.15) is 33.3 Å². The van der Waals surface area contributed by atoms with Gasteiger partial charge in [0.1, 0.15) is 9.71 Å². The molecule has 2 aromatic heterocycles. The maximum atomic E-state index is 13.7. The molecule has 1 amide bonds. The fraction of sp³-hybridized carbons (Fsp3) is 0.286. The standard InChI is InChI=1S/C28H30N4O4S2/c1-6-36-27(35)24-18(3)23-25(38-24)30-28(32(26(23)34)15-19-9-7-17(2)8-10-19)37-16-22(33)29-20-11-13-21(14-12-20)31(4)5/h7-14H,6,15-16H2,1-5H3,(H,29,33). The molecule has 0 aliphatic carbocycles. The second kappa shape index (κ2) is 11.8. The van der Waals surface area contributed by atoms with Gasteiger partial charge in [0.15, 0.2) is 5.16 Å². The quantitative estimate of drug-likeness (QED) is 0.176. The molecule has 4 aromatic rings. The van der Waals surface area contributed by atoms with Crippen molar-refractivity contribution >= 4 is 56.6 Å². The second-order valence-corrected chi connectivity index (χ2v) is 10.9. The first-order chi connectivity index (χ1) is 18.2. The molecule has 8 nitrogen and oxygen atoms in total. The zero-order valence-electron chi connectivity index (χ0n) is 22.0. The van der Waals surface area contributed by atoms with Crippen LogP contribution >= 0.6 is 23.1 Å². The Morgan fingerprint density at radius 3 is 2.39 bits per heavy atom. The van der Waals surface area contributed by atoms with E-state index in [2.05, 4.69) is 5.32 Å². The van der Waals surface area contributed by atoms with E-state index < -0.39 is 5.97 Å². The van der Waals surface area contributed by atoms with Crippen molar-refractivity contribution in [2.24, 2.45) is 0 Å². The first-order valence-electron chi connectivity index (χ1n) is 12.1. The molecule has 4 rings (SSSR count). The van der Waals surface area contributed by atoms with E-state index in [1.807, 2.05) is 74.4 Å². The first kappa shape index (κ1) is 27.4. The maximum absolute atomic E-state index is 13.7. The first-order valence-corrected chi connectivity index (χ1v) is 13.9. The Hall–Kier alpha value is -3.63. The Kier molecular flexibility index (Phi) is 8.53. The molecule has 38 heavy (non-hydrogen) atoms. The Morgan fingerprint density at radius 2 is 1.76 bits per heavy atom. The van der Waals surface area contributed by atoms with E-state index >= 15 is 0 Å². The van der Waals surface area contributed by atoms with E-state index in [0.29, 0.717) is 38.0 Å². The smallest absolute Gasteiger partial charge is 0.348 e. The number of rotatable bonds is 9. The molecule has 0 spiro atoms. The van der Waals surface area contributed by atoms with Crippen molar-refractivity contribution in [3.8, 4) is 0 Å². The van der Waals surface area contributed by atoms with Crippen LogP contribution in [0.3, 0.4) is 0 Å². The van der Waals surface area contributed by atoms with E-state index in [-0.39, 0.29) is 23.8 Å². The molecule has 2 aromatic carbocycles. The van der Waals surface area contributed by atoms with Crippen LogP contribution in [0, 0.1) is 13.8 Å². The number of nitrogens with one attached hydrogen (secondary N) is 1. The molecule has 2 heterocycles. The number of thioether (sulfide) groups is 1. The summed E-state index contributed by atoms with van der Waals surface area (Å²) in [7, 11) is 3.91. The molecular weight excluding hydrogens is 520 g/mol. The van der Waals surface area contributed by atoms with Crippen LogP contribution in [-0.2, 0) is 16.1 Å². The topological polar surface area (TPSA) is 93.5 Å². The molecule has 0 unspecified atom stereocenters. The van der Waals surface area contributed by atoms with Gasteiger partial charge in [-0.15, -0.1) is 11.3 Å². The summed E-state index contributed by atoms with van der Waals surface area (Å²) in [6, 6.07) is 15.5. The summed E-state index contributed by atoms with van der Waals surface area (Å²) in [5.74, 6) is -0.610. The molecule has 0 saturated carbocycles. The largest absolute Gasteiger partial charge is 0.462 e. The number of nitrogens with zero attached hydrogens (tertiary/aromatic N) is 3. The van der Waals surface area contributed by atoms with E-state index in [0.717, 1.165) is 28.2 Å². The van der Waals surface area contributed by atoms with Crippen molar-refractivity contribution in [1.29, 1.82) is 0 Å². The highest BCUT2D eigenvalue weighted by Crippen LogP contribution is 2.30. The van der Waals surface area contributed by atoms with Gasteiger partial charge in [-0.2, -0.15) is 0 Å². The summed E-state index contributed by atoms with van der Waals surface area (Å²) in [5.41, 5.74) is 4.09. The fourth-order valence-corrected chi connectivity index (χ4v) is 5.80. The predicted octanol–water partition coefficient (Wildman–Crippen LogP) is 5.10. The highest BCUT2D eigenvalue weighted by atomic mass is 32.2. The van der Waals surface area contributed by atoms with Crippen LogP contribution in [0.2, 0.25) is 0 Å². The molecule has 0 aliphatic rings. The van der Waals surface area contributed by atoms with Gasteiger partial charge in [0.2, 0.25) is 5.91 Å². The summed E-state index contributed by atoms with van der Waals surface area (Å²) >= 11 is 2.33. The number of carbonyl (C=O) groups is 2. The van der Waals surface area contributed by atoms with Crippen molar-refractivity contribution < 1.29 is 14.3 Å². The summed E-state index contributed by atoms with van der Waals surface area (Å²) in [6.45, 7) is 6.02. The van der Waals surface area contributed by atoms with Crippen molar-refractivity contribution in [1.82, 2.24) is 9.55 Å². The minimum Gasteiger partial charge on any atom is -0.462 e. The zero-order chi connectivity index (χ0) is 27.4. The number of ether oxygens (including phenoxy) is 1. The monoisotopic (exact) mass is 550 g/mol. The molecule has 1 N–H and O–H groups in total. The summed E-state index contributed by atoms with van der Waals surface area (Å²) in [4.78, 5) is 46.5. The SMILES string of the molecule is CCOC(=O)c1sc2nc(SCC(=O)Nc3ccc(N(C)C)cc3)n(Cc3ccc(C)cc3)c(=O)c2c1C. The minimum atomic E-state index is -0.466. The fourth-order valence-electron chi connectivity index (χ4n) is 3.88. The van der Waals surface area contributed by atoms with Gasteiger partial charge in [0.25, 0.3) is 5.56 Å². The van der Waals surface area contributed by atoms with E-state index in [1.54, 1.807) is 18.4 Å². The van der Waals surface area contributed by atoms with Gasteiger partial charge >= 0.3 is 5.97 Å². The molecule has 0 radical (unpaired) electrons. The van der Waals surface area contributed by atoms with Gasteiger partial charge in [-0.25, -0.2) is 9.78 Å². The van der Waals surface area contributed by atoms with E-state index in [9.17, 15) is 14.4 Å². The number of fused-ring (bicyclic) bond motifs is 1. The number of thiophene rings is 1. The Labute approximate surface area is 229 Å². The van der Waals surface area contributed by atoms with Crippen LogP contribution in [0.15, 0.2) is 58.5 Å². The number of benzene rings is 2. The molecule has 0 aliphatic heterocycles. The molecule has 0 bridgehead atoms. The molecule has 0 fully saturated rings.